The fourth-order valence-corrected chi connectivity index (χ4v) is 8.36. The molecule has 22 nitrogen and oxygen atoms in total. The second-order valence-electron chi connectivity index (χ2n) is 18.9. The van der Waals surface area contributed by atoms with Crippen LogP contribution in [-0.4, -0.2) is 164 Å². The van der Waals surface area contributed by atoms with Crippen molar-refractivity contribution in [1.82, 2.24) is 41.3 Å². The number of aldehydes is 1. The van der Waals surface area contributed by atoms with Crippen LogP contribution in [0.15, 0.2) is 35.3 Å². The van der Waals surface area contributed by atoms with Gasteiger partial charge in [-0.15, -0.1) is 0 Å². The van der Waals surface area contributed by atoms with Crippen molar-refractivity contribution in [3.63, 3.8) is 0 Å². The number of rotatable bonds is 31. The van der Waals surface area contributed by atoms with Crippen LogP contribution in [-0.2, 0) is 49.6 Å². The monoisotopic (exact) mass is 998 g/mol. The van der Waals surface area contributed by atoms with Gasteiger partial charge in [0.1, 0.15) is 36.5 Å². The lowest BCUT2D eigenvalue weighted by Crippen LogP contribution is -2.59. The minimum absolute atomic E-state index is 0.0369. The highest BCUT2D eigenvalue weighted by Crippen LogP contribution is 2.27. The van der Waals surface area contributed by atoms with E-state index in [0.717, 1.165) is 47.5 Å². The summed E-state index contributed by atoms with van der Waals surface area (Å²) in [5.41, 5.74) is 23.9. The summed E-state index contributed by atoms with van der Waals surface area (Å²) in [5.74, 6) is -5.39. The number of unbranched alkanes of at least 4 members (excludes halogenated alkanes) is 1. The number of carbonyl (C=O) groups is 9. The van der Waals surface area contributed by atoms with Crippen molar-refractivity contribution < 1.29 is 43.2 Å². The third-order valence-electron chi connectivity index (χ3n) is 12.9. The fraction of sp³-hybridized carbons (Fsp3) is 0.673. The Hall–Kier alpha value is -6.00. The summed E-state index contributed by atoms with van der Waals surface area (Å²) >= 11 is 0. The van der Waals surface area contributed by atoms with Crippen LogP contribution in [0.4, 0.5) is 0 Å². The molecule has 0 aromatic heterocycles. The molecule has 0 spiro atoms. The number of amides is 8. The van der Waals surface area contributed by atoms with Crippen LogP contribution in [0.3, 0.4) is 0 Å². The summed E-state index contributed by atoms with van der Waals surface area (Å²) in [6.45, 7) is 5.91. The van der Waals surface area contributed by atoms with Crippen molar-refractivity contribution in [1.29, 1.82) is 0 Å². The molecule has 1 aliphatic carbocycles. The molecule has 71 heavy (non-hydrogen) atoms. The summed E-state index contributed by atoms with van der Waals surface area (Å²) in [7, 11) is 4.44. The average Bonchev–Trinajstić information content (AvgIpc) is 3.35. The van der Waals surface area contributed by atoms with Crippen LogP contribution in [0.1, 0.15) is 110 Å². The third kappa shape index (κ3) is 21.1. The molecule has 2 rings (SSSR count). The van der Waals surface area contributed by atoms with Gasteiger partial charge >= 0.3 is 0 Å². The second kappa shape index (κ2) is 32.1. The van der Waals surface area contributed by atoms with Crippen LogP contribution >= 0.6 is 0 Å². The lowest BCUT2D eigenvalue weighted by molar-refractivity contribution is -0.150. The first kappa shape index (κ1) is 61.1. The molecule has 8 amide bonds. The highest BCUT2D eigenvalue weighted by molar-refractivity contribution is 6.03. The molecule has 0 saturated heterocycles. The summed E-state index contributed by atoms with van der Waals surface area (Å²) in [4.78, 5) is 128. The number of benzene rings is 1. The van der Waals surface area contributed by atoms with Gasteiger partial charge in [-0.05, 0) is 96.2 Å². The van der Waals surface area contributed by atoms with E-state index in [1.54, 1.807) is 7.05 Å². The van der Waals surface area contributed by atoms with Gasteiger partial charge < -0.3 is 64.1 Å². The number of nitrogens with one attached hydrogen (secondary N) is 5. The SMILES string of the molecule is CN[C@@H](Cc1ccccc1)C(=O)N[C@@H](CCCCN)C(=O)N(C)[C@@H](C)C(=O)NCC(=O)N[C@@H](CC(C)C)C(=O)N(C)[C@@H](C)C(=O)N[C@@H](CCCN=C(N)N)C(=O)N(CC=O)C(=O)[C@@H](N)CC1CCCCC1. The summed E-state index contributed by atoms with van der Waals surface area (Å²) in [6, 6.07) is 2.01. The molecule has 0 heterocycles. The number of nitrogens with zero attached hydrogens (tertiary/aromatic N) is 4. The predicted molar refractivity (Wildman–Crippen MR) is 270 cm³/mol. The van der Waals surface area contributed by atoms with Gasteiger partial charge in [0.05, 0.1) is 25.2 Å². The lowest BCUT2D eigenvalue weighted by atomic mass is 9.84. The van der Waals surface area contributed by atoms with E-state index in [4.69, 9.17) is 22.9 Å². The van der Waals surface area contributed by atoms with Gasteiger partial charge in [0, 0.05) is 20.6 Å². The zero-order chi connectivity index (χ0) is 53.2. The molecular formula is C49H83N13O9. The van der Waals surface area contributed by atoms with Crippen molar-refractivity contribution in [3.05, 3.63) is 35.9 Å². The molecule has 1 aromatic rings. The molecule has 7 atom stereocenters. The minimum Gasteiger partial charge on any atom is -0.370 e. The molecule has 398 valence electrons. The Labute approximate surface area is 419 Å². The molecule has 0 bridgehead atoms. The molecule has 0 unspecified atom stereocenters. The van der Waals surface area contributed by atoms with Crippen LogP contribution < -0.4 is 49.5 Å². The summed E-state index contributed by atoms with van der Waals surface area (Å²) in [6.07, 6.45) is 7.83. The summed E-state index contributed by atoms with van der Waals surface area (Å²) in [5, 5.41) is 13.7. The first-order valence-corrected chi connectivity index (χ1v) is 24.9. The van der Waals surface area contributed by atoms with Crippen molar-refractivity contribution >= 4 is 59.5 Å². The molecule has 1 aromatic carbocycles. The first-order valence-electron chi connectivity index (χ1n) is 24.9. The molecule has 1 fully saturated rings. The third-order valence-corrected chi connectivity index (χ3v) is 12.9. The molecule has 1 saturated carbocycles. The molecule has 0 radical (unpaired) electrons. The van der Waals surface area contributed by atoms with Gasteiger partial charge in [-0.1, -0.05) is 76.3 Å². The largest absolute Gasteiger partial charge is 0.370 e. The van der Waals surface area contributed by atoms with E-state index in [-0.39, 0.29) is 55.9 Å². The Kier molecular flexibility index (Phi) is 27.6. The zero-order valence-electron chi connectivity index (χ0n) is 43.0. The number of likely N-dealkylation sites (N-methyl/N-ethyl adjacent to an activating group) is 3. The van der Waals surface area contributed by atoms with Crippen LogP contribution in [0.5, 0.6) is 0 Å². The fourth-order valence-electron chi connectivity index (χ4n) is 8.36. The van der Waals surface area contributed by atoms with Crippen molar-refractivity contribution in [3.8, 4) is 0 Å². The first-order chi connectivity index (χ1) is 33.7. The Morgan fingerprint density at radius 1 is 0.732 bits per heavy atom. The van der Waals surface area contributed by atoms with Crippen molar-refractivity contribution in [2.24, 2.45) is 39.8 Å². The molecule has 0 aliphatic heterocycles. The van der Waals surface area contributed by atoms with Crippen LogP contribution in [0.2, 0.25) is 0 Å². The van der Waals surface area contributed by atoms with E-state index in [0.29, 0.717) is 38.5 Å². The van der Waals surface area contributed by atoms with Gasteiger partial charge in [0.15, 0.2) is 5.96 Å². The number of hydrogen-bond acceptors (Lipinski definition) is 13. The van der Waals surface area contributed by atoms with Crippen molar-refractivity contribution in [2.75, 3.05) is 47.3 Å². The van der Waals surface area contributed by atoms with Gasteiger partial charge in [-0.25, -0.2) is 0 Å². The smallest absolute Gasteiger partial charge is 0.252 e. The number of hydrogen-bond donors (Lipinski definition) is 9. The summed E-state index contributed by atoms with van der Waals surface area (Å²) < 4.78 is 0. The minimum atomic E-state index is -1.34. The number of guanidine groups is 1. The van der Waals surface area contributed by atoms with E-state index in [1.165, 1.54) is 32.8 Å². The molecule has 1 aliphatic rings. The van der Waals surface area contributed by atoms with Crippen LogP contribution in [0.25, 0.3) is 0 Å². The molecule has 22 heteroatoms. The van der Waals surface area contributed by atoms with Crippen LogP contribution in [0, 0.1) is 11.8 Å². The standard InChI is InChI=1S/C49H83N13O9/c1-31(2)27-40(57-41(64)30-56-42(65)32(3)60(6)46(69)37(21-14-15-23-50)59-44(67)39(54-5)29-35-19-12-9-13-20-35)47(70)61(7)33(4)43(66)58-38(22-16-24-55-49(52)53)48(71)62(25-26-63)45(68)36(51)28-34-17-10-8-11-18-34/h9,12-13,19-20,26,31-34,36-40,54H,8,10-11,14-18,21-25,27-30,50-51H2,1-7H3,(H,56,65)(H,57,64)(H,58,66)(H,59,67)(H4,52,53,55)/t32-,33-,36-,37-,38-,39-,40-/m0/s1. The van der Waals surface area contributed by atoms with Gasteiger partial charge in [0.25, 0.3) is 5.91 Å². The van der Waals surface area contributed by atoms with E-state index in [1.807, 2.05) is 44.2 Å². The number of aliphatic imine (C=N–C) groups is 1. The number of carbonyl (C=O) groups excluding carboxylic acids is 9. The Morgan fingerprint density at radius 2 is 1.31 bits per heavy atom. The Bertz CT molecular complexity index is 1930. The number of imide groups is 1. The lowest BCUT2D eigenvalue weighted by Gasteiger charge is -2.32. The predicted octanol–water partition coefficient (Wildman–Crippen LogP) is -0.838. The maximum atomic E-state index is 14.0. The average molecular weight is 998 g/mol. The van der Waals surface area contributed by atoms with Gasteiger partial charge in [-0.3, -0.25) is 48.2 Å². The highest BCUT2D eigenvalue weighted by atomic mass is 16.2. The number of nitrogens with two attached hydrogens (primary N) is 4. The van der Waals surface area contributed by atoms with E-state index < -0.39 is 96.7 Å². The zero-order valence-corrected chi connectivity index (χ0v) is 43.0. The van der Waals surface area contributed by atoms with Crippen molar-refractivity contribution in [2.45, 2.75) is 153 Å². The second-order valence-corrected chi connectivity index (χ2v) is 18.9. The maximum absolute atomic E-state index is 14.0. The van der Waals surface area contributed by atoms with Gasteiger partial charge in [-0.2, -0.15) is 0 Å². The van der Waals surface area contributed by atoms with E-state index >= 15 is 0 Å². The maximum Gasteiger partial charge on any atom is 0.252 e. The highest BCUT2D eigenvalue weighted by Gasteiger charge is 2.37. The topological polar surface area (TPSA) is 340 Å². The molecular weight excluding hydrogens is 915 g/mol. The molecule has 13 N–H and O–H groups in total. The normalized spacial score (nSPS) is 15.6. The van der Waals surface area contributed by atoms with E-state index in [2.05, 4.69) is 31.6 Å². The van der Waals surface area contributed by atoms with E-state index in [9.17, 15) is 43.2 Å². The Balaban J connectivity index is 2.16. The van der Waals surface area contributed by atoms with Gasteiger partial charge in [0.2, 0.25) is 41.4 Å². The quantitative estimate of drug-likeness (QED) is 0.0190. The Morgan fingerprint density at radius 3 is 1.89 bits per heavy atom.